The molecule has 0 spiro atoms. The van der Waals surface area contributed by atoms with Crippen molar-refractivity contribution >= 4 is 17.3 Å². The zero-order chi connectivity index (χ0) is 12.1. The summed E-state index contributed by atoms with van der Waals surface area (Å²) < 4.78 is 13.0. The Balaban J connectivity index is 2.95. The van der Waals surface area contributed by atoms with Gasteiger partial charge in [0.15, 0.2) is 0 Å². The number of halogens is 1. The van der Waals surface area contributed by atoms with Crippen LogP contribution in [0, 0.1) is 15.9 Å². The van der Waals surface area contributed by atoms with Crippen LogP contribution in [0.1, 0.15) is 0 Å². The lowest BCUT2D eigenvalue weighted by atomic mass is 10.2. The van der Waals surface area contributed by atoms with E-state index < -0.39 is 16.4 Å². The van der Waals surface area contributed by atoms with Crippen LogP contribution in [0.4, 0.5) is 15.8 Å². The maximum atomic E-state index is 13.0. The molecule has 1 aromatic carbocycles. The van der Waals surface area contributed by atoms with E-state index in [0.717, 1.165) is 12.1 Å². The van der Waals surface area contributed by atoms with Gasteiger partial charge in [-0.05, 0) is 17.3 Å². The molecule has 3 N–H and O–H groups in total. The summed E-state index contributed by atoms with van der Waals surface area (Å²) >= 11 is 0. The van der Waals surface area contributed by atoms with E-state index in [4.69, 9.17) is 5.73 Å². The highest BCUT2D eigenvalue weighted by Crippen LogP contribution is 2.21. The molecule has 0 aromatic heterocycles. The molecule has 0 amide bonds. The van der Waals surface area contributed by atoms with Crippen molar-refractivity contribution in [3.63, 3.8) is 0 Å². The van der Waals surface area contributed by atoms with Crippen molar-refractivity contribution in [3.8, 4) is 0 Å². The summed E-state index contributed by atoms with van der Waals surface area (Å²) in [6, 6.07) is 3.26. The molecule has 0 aliphatic heterocycles. The smallest absolute Gasteiger partial charge is 0.306 e. The van der Waals surface area contributed by atoms with Gasteiger partial charge in [0.2, 0.25) is 11.8 Å². The first-order chi connectivity index (χ1) is 7.54. The number of nitrogens with two attached hydrogens (primary N) is 1. The highest BCUT2D eigenvalue weighted by molar-refractivity contribution is 5.92. The van der Waals surface area contributed by atoms with Gasteiger partial charge < -0.3 is 15.9 Å². The Kier molecular flexibility index (Phi) is 3.59. The minimum absolute atomic E-state index is 0.0941. The minimum Gasteiger partial charge on any atom is -0.396 e. The van der Waals surface area contributed by atoms with Gasteiger partial charge in [0.25, 0.3) is 0 Å². The Morgan fingerprint density at radius 3 is 2.94 bits per heavy atom. The first-order valence-corrected chi connectivity index (χ1v) is 4.12. The molecule has 0 aliphatic carbocycles. The van der Waals surface area contributed by atoms with Gasteiger partial charge >= 0.3 is 5.69 Å². The molecule has 16 heavy (non-hydrogen) atoms. The molecule has 0 radical (unpaired) electrons. The Morgan fingerprint density at radius 2 is 2.38 bits per heavy atom. The summed E-state index contributed by atoms with van der Waals surface area (Å²) in [6.07, 6.45) is 0. The lowest BCUT2D eigenvalue weighted by Crippen LogP contribution is -2.22. The van der Waals surface area contributed by atoms with Crippen molar-refractivity contribution < 1.29 is 14.2 Å². The molecule has 0 bridgehead atoms. The number of oxime groups is 1. The average Bonchev–Trinajstić information content (AvgIpc) is 2.21. The van der Waals surface area contributed by atoms with Crippen molar-refractivity contribution in [1.82, 2.24) is 0 Å². The number of hydrogen-bond acceptors (Lipinski definition) is 4. The molecular formula is C8H9FN4O3. The maximum absolute atomic E-state index is 13.0. The third-order valence-electron chi connectivity index (χ3n) is 1.60. The summed E-state index contributed by atoms with van der Waals surface area (Å²) in [5.74, 6) is -1.01. The van der Waals surface area contributed by atoms with Crippen LogP contribution < -0.4 is 11.1 Å². The fourth-order valence-corrected chi connectivity index (χ4v) is 0.999. The van der Waals surface area contributed by atoms with Crippen LogP contribution in [0.15, 0.2) is 23.4 Å². The lowest BCUT2D eigenvalue weighted by Gasteiger charge is -2.04. The lowest BCUT2D eigenvalue weighted by molar-refractivity contribution is -0.387. The van der Waals surface area contributed by atoms with Crippen LogP contribution in [-0.2, 0) is 4.84 Å². The molecule has 7 nitrogen and oxygen atoms in total. The number of guanidine groups is 1. The Bertz CT molecular complexity index is 435. The molecule has 0 aliphatic rings. The van der Waals surface area contributed by atoms with Crippen LogP contribution in [0.2, 0.25) is 0 Å². The monoisotopic (exact) mass is 228 g/mol. The van der Waals surface area contributed by atoms with Gasteiger partial charge in [-0.2, -0.15) is 4.39 Å². The van der Waals surface area contributed by atoms with Crippen molar-refractivity contribution in [1.29, 1.82) is 0 Å². The molecule has 1 rings (SSSR count). The fourth-order valence-electron chi connectivity index (χ4n) is 0.999. The third-order valence-corrected chi connectivity index (χ3v) is 1.60. The molecule has 0 heterocycles. The van der Waals surface area contributed by atoms with Crippen molar-refractivity contribution in [3.05, 3.63) is 34.1 Å². The van der Waals surface area contributed by atoms with E-state index in [9.17, 15) is 14.5 Å². The minimum atomic E-state index is -0.919. The maximum Gasteiger partial charge on any atom is 0.306 e. The summed E-state index contributed by atoms with van der Waals surface area (Å²) in [4.78, 5) is 14.0. The highest BCUT2D eigenvalue weighted by Gasteiger charge is 2.14. The van der Waals surface area contributed by atoms with E-state index in [1.807, 2.05) is 0 Å². The molecule has 8 heteroatoms. The SMILES string of the molecule is CON=C(N)Nc1ccc(F)c([N+](=O)[O-])c1. The molecule has 0 saturated carbocycles. The number of benzene rings is 1. The number of nitrogens with one attached hydrogen (secondary N) is 1. The zero-order valence-electron chi connectivity index (χ0n) is 8.31. The van der Waals surface area contributed by atoms with Crippen LogP contribution in [0.3, 0.4) is 0 Å². The normalized spacial score (nSPS) is 11.0. The van der Waals surface area contributed by atoms with Crippen LogP contribution in [0.5, 0.6) is 0 Å². The second kappa shape index (κ2) is 4.91. The molecule has 86 valence electrons. The standard InChI is InChI=1S/C8H9FN4O3/c1-16-12-8(10)11-5-2-3-6(9)7(4-5)13(14)15/h2-4H,1H3,(H3,10,11,12). The predicted molar refractivity (Wildman–Crippen MR) is 55.3 cm³/mol. The van der Waals surface area contributed by atoms with Crippen molar-refractivity contribution in [2.24, 2.45) is 10.9 Å². The number of nitro benzene ring substituents is 1. The molecule has 0 atom stereocenters. The van der Waals surface area contributed by atoms with Gasteiger partial charge in [-0.1, -0.05) is 0 Å². The molecular weight excluding hydrogens is 219 g/mol. The van der Waals surface area contributed by atoms with E-state index in [1.165, 1.54) is 13.2 Å². The number of nitro groups is 1. The quantitative estimate of drug-likeness (QED) is 0.348. The Hall–Kier alpha value is -2.38. The molecule has 0 unspecified atom stereocenters. The highest BCUT2D eigenvalue weighted by atomic mass is 19.1. The van der Waals surface area contributed by atoms with Gasteiger partial charge in [-0.25, -0.2) is 0 Å². The number of nitrogens with zero attached hydrogens (tertiary/aromatic N) is 2. The molecule has 1 aromatic rings. The summed E-state index contributed by atoms with van der Waals surface area (Å²) in [7, 11) is 1.29. The van der Waals surface area contributed by atoms with Crippen molar-refractivity contribution in [2.75, 3.05) is 12.4 Å². The van der Waals surface area contributed by atoms with Crippen LogP contribution >= 0.6 is 0 Å². The van der Waals surface area contributed by atoms with E-state index >= 15 is 0 Å². The first kappa shape index (κ1) is 11.7. The van der Waals surface area contributed by atoms with E-state index in [1.54, 1.807) is 0 Å². The van der Waals surface area contributed by atoms with E-state index in [2.05, 4.69) is 15.3 Å². The van der Waals surface area contributed by atoms with Gasteiger partial charge in [-0.15, -0.1) is 0 Å². The second-order valence-corrected chi connectivity index (χ2v) is 2.71. The predicted octanol–water partition coefficient (Wildman–Crippen LogP) is 1.02. The summed E-state index contributed by atoms with van der Waals surface area (Å²) in [5.41, 5.74) is 4.93. The zero-order valence-corrected chi connectivity index (χ0v) is 8.31. The van der Waals surface area contributed by atoms with E-state index in [-0.39, 0.29) is 11.6 Å². The second-order valence-electron chi connectivity index (χ2n) is 2.71. The van der Waals surface area contributed by atoms with E-state index in [0.29, 0.717) is 0 Å². The van der Waals surface area contributed by atoms with Crippen LogP contribution in [-0.4, -0.2) is 18.0 Å². The van der Waals surface area contributed by atoms with Crippen molar-refractivity contribution in [2.45, 2.75) is 0 Å². The fraction of sp³-hybridized carbons (Fsp3) is 0.125. The number of rotatable bonds is 3. The molecule has 0 fully saturated rings. The molecule has 0 saturated heterocycles. The van der Waals surface area contributed by atoms with Gasteiger partial charge in [0.05, 0.1) is 4.92 Å². The van der Waals surface area contributed by atoms with Gasteiger partial charge in [-0.3, -0.25) is 10.1 Å². The van der Waals surface area contributed by atoms with Crippen LogP contribution in [0.25, 0.3) is 0 Å². The van der Waals surface area contributed by atoms with Gasteiger partial charge in [0, 0.05) is 11.8 Å². The first-order valence-electron chi connectivity index (χ1n) is 4.12. The Morgan fingerprint density at radius 1 is 1.69 bits per heavy atom. The number of hydrogen-bond donors (Lipinski definition) is 2. The largest absolute Gasteiger partial charge is 0.396 e. The third kappa shape index (κ3) is 2.80. The van der Waals surface area contributed by atoms with Gasteiger partial charge in [0.1, 0.15) is 7.11 Å². The summed E-state index contributed by atoms with van der Waals surface area (Å²) in [5, 5.41) is 16.3. The summed E-state index contributed by atoms with van der Waals surface area (Å²) in [6.45, 7) is 0. The number of anilines is 1. The Labute approximate surface area is 89.8 Å². The average molecular weight is 228 g/mol. The topological polar surface area (TPSA) is 103 Å².